The molecule has 2 aromatic heterocycles. The first-order chi connectivity index (χ1) is 17.0. The summed E-state index contributed by atoms with van der Waals surface area (Å²) >= 11 is 2.75. The predicted octanol–water partition coefficient (Wildman–Crippen LogP) is 5.18. The Balaban J connectivity index is 1.38. The van der Waals surface area contributed by atoms with Gasteiger partial charge in [0.1, 0.15) is 22.9 Å². The lowest BCUT2D eigenvalue weighted by Crippen LogP contribution is -2.33. The fraction of sp³-hybridized carbons (Fsp3) is 0.360. The molecule has 2 heterocycles. The van der Waals surface area contributed by atoms with Crippen LogP contribution in [0.3, 0.4) is 0 Å². The minimum atomic E-state index is -0.452. The van der Waals surface area contributed by atoms with Crippen LogP contribution in [0.5, 0.6) is 5.75 Å². The van der Waals surface area contributed by atoms with Gasteiger partial charge in [0.15, 0.2) is 5.13 Å². The SMILES string of the molecule is CCOc1ccccc1CCC(=O)Nc1sc2c(c1C#N)CCC(OC(=O)N(C)c1nccs1)C2. The van der Waals surface area contributed by atoms with Gasteiger partial charge in [-0.3, -0.25) is 9.69 Å². The average Bonchev–Trinajstić information content (AvgIpc) is 3.50. The molecule has 1 N–H and O–H groups in total. The Morgan fingerprint density at radius 2 is 2.17 bits per heavy atom. The van der Waals surface area contributed by atoms with E-state index in [4.69, 9.17) is 9.47 Å². The summed E-state index contributed by atoms with van der Waals surface area (Å²) < 4.78 is 11.3. The second-order valence-electron chi connectivity index (χ2n) is 8.03. The normalized spacial score (nSPS) is 14.5. The van der Waals surface area contributed by atoms with Crippen molar-refractivity contribution >= 4 is 44.8 Å². The van der Waals surface area contributed by atoms with Gasteiger partial charge in [0.25, 0.3) is 0 Å². The van der Waals surface area contributed by atoms with Crippen LogP contribution < -0.4 is 15.0 Å². The van der Waals surface area contributed by atoms with E-state index in [0.717, 1.165) is 21.8 Å². The third kappa shape index (κ3) is 5.81. The molecule has 8 nitrogen and oxygen atoms in total. The van der Waals surface area contributed by atoms with Crippen LogP contribution in [0.4, 0.5) is 14.9 Å². The number of rotatable bonds is 8. The minimum Gasteiger partial charge on any atom is -0.494 e. The number of aromatic nitrogens is 1. The number of aryl methyl sites for hydroxylation is 1. The molecule has 0 saturated carbocycles. The standard InChI is InChI=1S/C25H26N4O4S2/c1-3-32-20-7-5-4-6-16(20)8-11-22(30)28-23-19(15-26)18-10-9-17(14-21(18)35-23)33-25(31)29(2)24-27-12-13-34-24/h4-7,12-13,17H,3,8-11,14H2,1-2H3,(H,28,30). The molecule has 0 fully saturated rings. The first-order valence-electron chi connectivity index (χ1n) is 11.4. The maximum atomic E-state index is 12.7. The van der Waals surface area contributed by atoms with E-state index in [2.05, 4.69) is 16.4 Å². The molecule has 0 spiro atoms. The van der Waals surface area contributed by atoms with Crippen molar-refractivity contribution in [3.8, 4) is 11.8 Å². The van der Waals surface area contributed by atoms with Crippen molar-refractivity contribution in [1.29, 1.82) is 5.26 Å². The van der Waals surface area contributed by atoms with Crippen LogP contribution in [0.25, 0.3) is 0 Å². The molecule has 1 aliphatic carbocycles. The fourth-order valence-corrected chi connectivity index (χ4v) is 5.86. The molecule has 1 aromatic carbocycles. The van der Waals surface area contributed by atoms with E-state index in [1.54, 1.807) is 18.6 Å². The molecule has 35 heavy (non-hydrogen) atoms. The number of nitrogens with one attached hydrogen (secondary N) is 1. The summed E-state index contributed by atoms with van der Waals surface area (Å²) in [7, 11) is 1.63. The number of hydrogen-bond acceptors (Lipinski definition) is 8. The molecular formula is C25H26N4O4S2. The Morgan fingerprint density at radius 1 is 1.34 bits per heavy atom. The molecule has 182 valence electrons. The zero-order chi connectivity index (χ0) is 24.8. The molecular weight excluding hydrogens is 484 g/mol. The first kappa shape index (κ1) is 24.7. The van der Waals surface area contributed by atoms with Crippen molar-refractivity contribution < 1.29 is 19.1 Å². The third-order valence-corrected chi connectivity index (χ3v) is 7.74. The molecule has 0 aliphatic heterocycles. The molecule has 1 aliphatic rings. The van der Waals surface area contributed by atoms with Crippen LogP contribution in [-0.4, -0.2) is 36.7 Å². The highest BCUT2D eigenvalue weighted by Gasteiger charge is 2.29. The Hall–Kier alpha value is -3.42. The molecule has 1 unspecified atom stereocenters. The number of carbonyl (C=O) groups excluding carboxylic acids is 2. The topological polar surface area (TPSA) is 105 Å². The van der Waals surface area contributed by atoms with Crippen LogP contribution >= 0.6 is 22.7 Å². The highest BCUT2D eigenvalue weighted by atomic mass is 32.1. The van der Waals surface area contributed by atoms with Crippen molar-refractivity contribution in [2.75, 3.05) is 23.9 Å². The quantitative estimate of drug-likeness (QED) is 0.448. The number of anilines is 2. The van der Waals surface area contributed by atoms with Crippen LogP contribution in [0.2, 0.25) is 0 Å². The van der Waals surface area contributed by atoms with E-state index in [1.165, 1.54) is 27.6 Å². The Bertz CT molecular complexity index is 1230. The van der Waals surface area contributed by atoms with Crippen molar-refractivity contribution in [2.24, 2.45) is 0 Å². The summed E-state index contributed by atoms with van der Waals surface area (Å²) in [4.78, 5) is 31.7. The molecule has 4 rings (SSSR count). The molecule has 2 amide bonds. The second-order valence-corrected chi connectivity index (χ2v) is 10.0. The number of nitriles is 1. The number of amides is 2. The van der Waals surface area contributed by atoms with E-state index < -0.39 is 6.09 Å². The molecule has 0 bridgehead atoms. The maximum Gasteiger partial charge on any atom is 0.416 e. The molecule has 10 heteroatoms. The zero-order valence-electron chi connectivity index (χ0n) is 19.6. The number of nitrogens with zero attached hydrogens (tertiary/aromatic N) is 3. The van der Waals surface area contributed by atoms with Crippen molar-refractivity contribution in [3.63, 3.8) is 0 Å². The summed E-state index contributed by atoms with van der Waals surface area (Å²) in [6, 6.07) is 9.94. The lowest BCUT2D eigenvalue weighted by atomic mass is 9.94. The van der Waals surface area contributed by atoms with Crippen molar-refractivity contribution in [2.45, 2.75) is 45.1 Å². The van der Waals surface area contributed by atoms with Gasteiger partial charge in [-0.15, -0.1) is 22.7 Å². The highest BCUT2D eigenvalue weighted by Crippen LogP contribution is 2.38. The van der Waals surface area contributed by atoms with Gasteiger partial charge in [-0.2, -0.15) is 5.26 Å². The van der Waals surface area contributed by atoms with E-state index in [9.17, 15) is 14.9 Å². The van der Waals surface area contributed by atoms with Crippen LogP contribution in [0.15, 0.2) is 35.8 Å². The van der Waals surface area contributed by atoms with Gasteiger partial charge in [0.05, 0.1) is 12.2 Å². The summed E-state index contributed by atoms with van der Waals surface area (Å²) in [6.45, 7) is 2.49. The zero-order valence-corrected chi connectivity index (χ0v) is 21.2. The smallest absolute Gasteiger partial charge is 0.416 e. The summed E-state index contributed by atoms with van der Waals surface area (Å²) in [5.74, 6) is 0.632. The van der Waals surface area contributed by atoms with E-state index >= 15 is 0 Å². The van der Waals surface area contributed by atoms with Gasteiger partial charge in [0, 0.05) is 36.3 Å². The monoisotopic (exact) mass is 510 g/mol. The van der Waals surface area contributed by atoms with Crippen LogP contribution in [-0.2, 0) is 28.8 Å². The van der Waals surface area contributed by atoms with Crippen molar-refractivity contribution in [3.05, 3.63) is 57.4 Å². The van der Waals surface area contributed by atoms with Crippen LogP contribution in [0.1, 0.15) is 41.3 Å². The predicted molar refractivity (Wildman–Crippen MR) is 136 cm³/mol. The second kappa shape index (κ2) is 11.3. The highest BCUT2D eigenvalue weighted by molar-refractivity contribution is 7.16. The lowest BCUT2D eigenvalue weighted by Gasteiger charge is -2.24. The Morgan fingerprint density at radius 3 is 2.91 bits per heavy atom. The third-order valence-electron chi connectivity index (χ3n) is 5.73. The molecule has 0 radical (unpaired) electrons. The number of thiophene rings is 1. The number of ether oxygens (including phenoxy) is 2. The number of carbonyl (C=O) groups is 2. The summed E-state index contributed by atoms with van der Waals surface area (Å²) in [6.07, 6.45) is 3.47. The Labute approximate surface area is 212 Å². The summed E-state index contributed by atoms with van der Waals surface area (Å²) in [5.41, 5.74) is 2.43. The summed E-state index contributed by atoms with van der Waals surface area (Å²) in [5, 5.41) is 15.6. The van der Waals surface area contributed by atoms with E-state index in [1.807, 2.05) is 31.2 Å². The van der Waals surface area contributed by atoms with Crippen molar-refractivity contribution in [1.82, 2.24) is 4.98 Å². The minimum absolute atomic E-state index is 0.153. The fourth-order valence-electron chi connectivity index (χ4n) is 3.99. The lowest BCUT2D eigenvalue weighted by molar-refractivity contribution is -0.116. The molecule has 0 saturated heterocycles. The Kier molecular flexibility index (Phi) is 8.00. The van der Waals surface area contributed by atoms with Gasteiger partial charge >= 0.3 is 6.09 Å². The number of thiazole rings is 1. The van der Waals surface area contributed by atoms with Gasteiger partial charge in [-0.05, 0) is 43.4 Å². The largest absolute Gasteiger partial charge is 0.494 e. The van der Waals surface area contributed by atoms with Gasteiger partial charge in [0.2, 0.25) is 5.91 Å². The number of benzene rings is 1. The van der Waals surface area contributed by atoms with E-state index in [-0.39, 0.29) is 18.4 Å². The van der Waals surface area contributed by atoms with Gasteiger partial charge in [-0.25, -0.2) is 9.78 Å². The van der Waals surface area contributed by atoms with Gasteiger partial charge < -0.3 is 14.8 Å². The van der Waals surface area contributed by atoms with Gasteiger partial charge in [-0.1, -0.05) is 18.2 Å². The maximum absolute atomic E-state index is 12.7. The molecule has 3 aromatic rings. The van der Waals surface area contributed by atoms with Crippen LogP contribution in [0, 0.1) is 11.3 Å². The number of hydrogen-bond donors (Lipinski definition) is 1. The van der Waals surface area contributed by atoms with E-state index in [0.29, 0.717) is 48.0 Å². The molecule has 1 atom stereocenters. The average molecular weight is 511 g/mol. The first-order valence-corrected chi connectivity index (χ1v) is 13.1. The number of fused-ring (bicyclic) bond motifs is 1. The number of para-hydroxylation sites is 1.